The molecule has 0 aliphatic carbocycles. The highest BCUT2D eigenvalue weighted by atomic mass is 15.2. The third-order valence-corrected chi connectivity index (χ3v) is 10.1. The smallest absolute Gasteiger partial charge is 0.192 e. The molecule has 5 rings (SSSR count). The monoisotopic (exact) mass is 792 g/mol. The number of benzene rings is 5. The van der Waals surface area contributed by atoms with E-state index in [-0.39, 0.29) is 0 Å². The van der Waals surface area contributed by atoms with Gasteiger partial charge in [-0.05, 0) is 84.9 Å². The van der Waals surface area contributed by atoms with Crippen LogP contribution in [-0.4, -0.2) is 52.4 Å². The minimum atomic E-state index is 0.732. The van der Waals surface area contributed by atoms with Crippen LogP contribution >= 0.6 is 0 Å². The van der Waals surface area contributed by atoms with Crippen LogP contribution in [0.15, 0.2) is 223 Å². The minimum Gasteiger partial charge on any atom is -0.364 e. The van der Waals surface area contributed by atoms with Crippen molar-refractivity contribution >= 4 is 56.9 Å². The molecule has 305 valence electrons. The second-order valence-corrected chi connectivity index (χ2v) is 14.2. The number of hydrogen-bond donors (Lipinski definition) is 0. The summed E-state index contributed by atoms with van der Waals surface area (Å²) in [6.45, 7) is 37.6. The maximum Gasteiger partial charge on any atom is 0.192 e. The summed E-state index contributed by atoms with van der Waals surface area (Å²) in [4.78, 5) is 13.6. The third-order valence-electron chi connectivity index (χ3n) is 10.1. The van der Waals surface area contributed by atoms with Gasteiger partial charge in [-0.25, -0.2) is 0 Å². The van der Waals surface area contributed by atoms with E-state index in [1.54, 1.807) is 0 Å². The van der Waals surface area contributed by atoms with Crippen LogP contribution in [0.2, 0.25) is 0 Å². The van der Waals surface area contributed by atoms with Gasteiger partial charge in [-0.3, -0.25) is 0 Å². The van der Waals surface area contributed by atoms with Gasteiger partial charge in [0.05, 0.1) is 0 Å². The van der Waals surface area contributed by atoms with Crippen molar-refractivity contribution in [1.29, 1.82) is 0 Å². The van der Waals surface area contributed by atoms with Gasteiger partial charge in [0.15, 0.2) is 17.1 Å². The van der Waals surface area contributed by atoms with Crippen molar-refractivity contribution in [3.8, 4) is 0 Å². The lowest BCUT2D eigenvalue weighted by molar-refractivity contribution is 0.919. The Balaban J connectivity index is 1.59. The van der Waals surface area contributed by atoms with E-state index in [1.807, 2.05) is 48.6 Å². The molecular formula is C54H60N6+. The zero-order chi connectivity index (χ0) is 42.7. The molecule has 0 fully saturated rings. The van der Waals surface area contributed by atoms with Crippen molar-refractivity contribution in [2.45, 2.75) is 0 Å². The van der Waals surface area contributed by atoms with Gasteiger partial charge in [0.2, 0.25) is 0 Å². The van der Waals surface area contributed by atoms with Gasteiger partial charge in [0, 0.05) is 129 Å². The Labute approximate surface area is 359 Å². The molecule has 6 nitrogen and oxygen atoms in total. The molecule has 0 unspecified atom stereocenters. The van der Waals surface area contributed by atoms with Crippen molar-refractivity contribution < 1.29 is 0 Å². The molecule has 60 heavy (non-hydrogen) atoms. The van der Waals surface area contributed by atoms with Gasteiger partial charge in [-0.2, -0.15) is 0 Å². The predicted octanol–water partition coefficient (Wildman–Crippen LogP) is 13.3. The molecule has 0 atom stereocenters. The summed E-state index contributed by atoms with van der Waals surface area (Å²) in [6.07, 6.45) is 15.3. The summed E-state index contributed by atoms with van der Waals surface area (Å²) in [7, 11) is 0. The molecule has 0 amide bonds. The Bertz CT molecular complexity index is 1830. The van der Waals surface area contributed by atoms with E-state index in [0.717, 1.165) is 109 Å². The van der Waals surface area contributed by atoms with E-state index in [9.17, 15) is 0 Å². The predicted molar refractivity (Wildman–Crippen MR) is 266 cm³/mol. The van der Waals surface area contributed by atoms with E-state index in [0.29, 0.717) is 0 Å². The lowest BCUT2D eigenvalue weighted by Crippen LogP contribution is -2.23. The van der Waals surface area contributed by atoms with Crippen LogP contribution in [0.25, 0.3) is 0 Å². The summed E-state index contributed by atoms with van der Waals surface area (Å²) in [5, 5.41) is 0. The standard InChI is InChI=1S/C54H60N6/c1-9-37-55(38-10-2)45-17-25-49(26-18-45)59(50-27-19-46(20-28-50)56(39-11-3)40-12-4)53-33-35-54(36-34-53)60(51-29-21-47(22-30-51)57(41-13-5)42-14-6)52-31-23-48(24-32-52)58(43-15-7)44-16-8/h9-36H,1-8,37-44H2/q+1. The van der Waals surface area contributed by atoms with Crippen molar-refractivity contribution in [1.82, 2.24) is 4.90 Å². The van der Waals surface area contributed by atoms with Crippen LogP contribution in [0.5, 0.6) is 0 Å². The first-order chi connectivity index (χ1) is 29.4. The first-order valence-electron chi connectivity index (χ1n) is 20.4. The zero-order valence-corrected chi connectivity index (χ0v) is 35.2. The zero-order valence-electron chi connectivity index (χ0n) is 35.2. The lowest BCUT2D eigenvalue weighted by Gasteiger charge is -2.28. The Morgan fingerprint density at radius 3 is 0.633 bits per heavy atom. The number of hydrogen-bond acceptors (Lipinski definition) is 6. The molecule has 0 N–H and O–H groups in total. The van der Waals surface area contributed by atoms with Crippen LogP contribution < -0.4 is 29.4 Å². The van der Waals surface area contributed by atoms with Gasteiger partial charge in [-0.15, -0.1) is 52.6 Å². The first kappa shape index (κ1) is 44.1. The highest BCUT2D eigenvalue weighted by Crippen LogP contribution is 2.40. The van der Waals surface area contributed by atoms with Gasteiger partial charge in [0.25, 0.3) is 0 Å². The molecule has 0 saturated heterocycles. The fourth-order valence-corrected chi connectivity index (χ4v) is 7.28. The van der Waals surface area contributed by atoms with E-state index >= 15 is 0 Å². The van der Waals surface area contributed by atoms with Crippen LogP contribution in [0.4, 0.5) is 56.9 Å². The van der Waals surface area contributed by atoms with E-state index in [4.69, 9.17) is 0 Å². The summed E-state index contributed by atoms with van der Waals surface area (Å²) < 4.78 is 0. The van der Waals surface area contributed by atoms with Crippen LogP contribution in [0.3, 0.4) is 0 Å². The largest absolute Gasteiger partial charge is 0.364 e. The molecule has 0 bridgehead atoms. The maximum absolute atomic E-state index is 3.96. The summed E-state index contributed by atoms with van der Waals surface area (Å²) >= 11 is 0. The van der Waals surface area contributed by atoms with Crippen LogP contribution in [0, 0.1) is 0 Å². The average molecular weight is 793 g/mol. The molecule has 6 heteroatoms. The average Bonchev–Trinajstić information content (AvgIpc) is 3.28. The van der Waals surface area contributed by atoms with Crippen LogP contribution in [0.1, 0.15) is 0 Å². The Hall–Kier alpha value is -7.02. The summed E-state index contributed by atoms with van der Waals surface area (Å²) in [5.41, 5.74) is 10.7. The fourth-order valence-electron chi connectivity index (χ4n) is 7.28. The molecule has 0 aliphatic rings. The number of anilines is 10. The topological polar surface area (TPSA) is 22.1 Å². The Morgan fingerprint density at radius 2 is 0.433 bits per heavy atom. The second kappa shape index (κ2) is 22.8. The summed E-state index contributed by atoms with van der Waals surface area (Å²) in [5.74, 6) is 0. The van der Waals surface area contributed by atoms with E-state index in [1.165, 1.54) is 0 Å². The highest BCUT2D eigenvalue weighted by Gasteiger charge is 2.27. The Kier molecular flexibility index (Phi) is 16.8. The molecular weight excluding hydrogens is 733 g/mol. The molecule has 5 aromatic rings. The quantitative estimate of drug-likeness (QED) is 0.0410. The molecule has 0 aliphatic heterocycles. The van der Waals surface area contributed by atoms with Gasteiger partial charge < -0.3 is 24.5 Å². The molecule has 0 heterocycles. The Morgan fingerprint density at radius 1 is 0.267 bits per heavy atom. The molecule has 0 spiro atoms. The van der Waals surface area contributed by atoms with Gasteiger partial charge >= 0.3 is 0 Å². The molecule has 0 saturated carbocycles. The van der Waals surface area contributed by atoms with Crippen molar-refractivity contribution in [2.24, 2.45) is 0 Å². The van der Waals surface area contributed by atoms with Gasteiger partial charge in [0.1, 0.15) is 0 Å². The number of rotatable bonds is 26. The highest BCUT2D eigenvalue weighted by molar-refractivity contribution is 5.80. The SMILES string of the molecule is C=CCN(CC=C)c1ccc(N(c2ccc(N(CC=C)CC=C)cc2)c2ccc([N+](c3ccc(N(CC=C)CC=C)cc3)c3ccc(N(CC=C)CC=C)cc3)cc2)cc1. The molecule has 0 aromatic heterocycles. The van der Waals surface area contributed by atoms with Crippen LogP contribution in [-0.2, 0) is 0 Å². The molecule has 5 aromatic carbocycles. The minimum absolute atomic E-state index is 0.732. The van der Waals surface area contributed by atoms with Crippen molar-refractivity contribution in [3.63, 3.8) is 0 Å². The fraction of sp³-hybridized carbons (Fsp3) is 0.148. The van der Waals surface area contributed by atoms with E-state index < -0.39 is 0 Å². The van der Waals surface area contributed by atoms with Crippen molar-refractivity contribution in [3.05, 3.63) is 223 Å². The third kappa shape index (κ3) is 11.1. The van der Waals surface area contributed by atoms with E-state index in [2.05, 4.69) is 203 Å². The second-order valence-electron chi connectivity index (χ2n) is 14.2. The normalized spacial score (nSPS) is 10.6. The summed E-state index contributed by atoms with van der Waals surface area (Å²) in [6, 6.07) is 43.5. The number of nitrogens with zero attached hydrogens (tertiary/aromatic N) is 6. The van der Waals surface area contributed by atoms with Gasteiger partial charge in [-0.1, -0.05) is 53.5 Å². The lowest BCUT2D eigenvalue weighted by atomic mass is 10.1. The molecule has 1 radical (unpaired) electrons. The maximum atomic E-state index is 3.96. The first-order valence-corrected chi connectivity index (χ1v) is 20.4. The van der Waals surface area contributed by atoms with Crippen molar-refractivity contribution in [2.75, 3.05) is 76.9 Å².